The van der Waals surface area contributed by atoms with Crippen LogP contribution in [0.3, 0.4) is 0 Å². The van der Waals surface area contributed by atoms with Crippen molar-refractivity contribution in [3.63, 3.8) is 0 Å². The first-order chi connectivity index (χ1) is 7.24. The van der Waals surface area contributed by atoms with E-state index in [1.807, 2.05) is 13.8 Å². The normalized spacial score (nSPS) is 15.1. The minimum Gasteiger partial charge on any atom is -0.388 e. The lowest BCUT2D eigenvalue weighted by atomic mass is 9.93. The highest BCUT2D eigenvalue weighted by Gasteiger charge is 2.28. The molecule has 0 amide bonds. The maximum atomic E-state index is 10.6. The molecule has 0 aliphatic heterocycles. The van der Waals surface area contributed by atoms with Gasteiger partial charge in [-0.15, -0.1) is 0 Å². The topological polar surface area (TPSA) is 81.2 Å². The number of nitrogens with zero attached hydrogens (tertiary/aromatic N) is 3. The number of aromatic nitrogens is 2. The predicted octanol–water partition coefficient (Wildman–Crippen LogP) is 1.51. The largest absolute Gasteiger partial charge is 0.392 e. The average Bonchev–Trinajstić information content (AvgIpc) is 2.45. The van der Waals surface area contributed by atoms with Gasteiger partial charge in [-0.1, -0.05) is 13.8 Å². The van der Waals surface area contributed by atoms with Gasteiger partial charge in [-0.2, -0.15) is 4.68 Å². The van der Waals surface area contributed by atoms with E-state index < -0.39 is 10.5 Å². The Morgan fingerprint density at radius 1 is 1.69 bits per heavy atom. The highest BCUT2D eigenvalue weighted by Crippen LogP contribution is 2.20. The third kappa shape index (κ3) is 2.57. The van der Waals surface area contributed by atoms with E-state index in [1.54, 1.807) is 20.0 Å². The Balaban J connectivity index is 2.91. The van der Waals surface area contributed by atoms with Gasteiger partial charge in [0.25, 0.3) is 0 Å². The van der Waals surface area contributed by atoms with E-state index in [1.165, 1.54) is 4.68 Å². The van der Waals surface area contributed by atoms with E-state index in [4.69, 9.17) is 0 Å². The second kappa shape index (κ2) is 4.21. The highest BCUT2D eigenvalue weighted by molar-refractivity contribution is 5.28. The van der Waals surface area contributed by atoms with Crippen LogP contribution in [-0.4, -0.2) is 25.4 Å². The molecule has 1 heterocycles. The van der Waals surface area contributed by atoms with Crippen LogP contribution in [0.15, 0.2) is 6.20 Å². The van der Waals surface area contributed by atoms with Crippen LogP contribution < -0.4 is 0 Å². The Labute approximate surface area is 94.0 Å². The summed E-state index contributed by atoms with van der Waals surface area (Å²) in [6.45, 7) is 7.36. The molecule has 0 saturated carbocycles. The monoisotopic (exact) mass is 227 g/mol. The minimum atomic E-state index is -0.924. The zero-order chi connectivity index (χ0) is 12.5. The zero-order valence-corrected chi connectivity index (χ0v) is 9.97. The third-order valence-corrected chi connectivity index (χ3v) is 2.82. The lowest BCUT2D eigenvalue weighted by Crippen LogP contribution is -2.36. The number of nitro groups is 1. The van der Waals surface area contributed by atoms with Gasteiger partial charge in [0.05, 0.1) is 29.0 Å². The molecule has 0 aliphatic carbocycles. The number of hydrogen-bond donors (Lipinski definition) is 1. The highest BCUT2D eigenvalue weighted by atomic mass is 16.6. The number of hydrogen-bond acceptors (Lipinski definition) is 4. The van der Waals surface area contributed by atoms with Crippen molar-refractivity contribution in [1.82, 2.24) is 9.78 Å². The van der Waals surface area contributed by atoms with Gasteiger partial charge >= 0.3 is 5.82 Å². The molecule has 0 fully saturated rings. The second-order valence-corrected chi connectivity index (χ2v) is 4.60. The average molecular weight is 227 g/mol. The summed E-state index contributed by atoms with van der Waals surface area (Å²) in [5.41, 5.74) is -0.420. The SMILES string of the molecule is Cc1cn(CC(C)(O)C(C)C)nc1[N+](=O)[O-]. The molecule has 6 heteroatoms. The molecule has 0 aliphatic rings. The Morgan fingerprint density at radius 2 is 2.25 bits per heavy atom. The Kier molecular flexibility index (Phi) is 3.32. The molecule has 1 aromatic rings. The molecular formula is C10H17N3O3. The van der Waals surface area contributed by atoms with Crippen molar-refractivity contribution < 1.29 is 10.0 Å². The number of aryl methyl sites for hydroxylation is 1. The maximum Gasteiger partial charge on any atom is 0.392 e. The molecule has 1 atom stereocenters. The van der Waals surface area contributed by atoms with Gasteiger partial charge in [-0.25, -0.2) is 0 Å². The fourth-order valence-electron chi connectivity index (χ4n) is 1.28. The molecule has 1 aromatic heterocycles. The molecule has 1 unspecified atom stereocenters. The van der Waals surface area contributed by atoms with Crippen molar-refractivity contribution in [2.24, 2.45) is 5.92 Å². The zero-order valence-electron chi connectivity index (χ0n) is 9.97. The van der Waals surface area contributed by atoms with Gasteiger partial charge in [0.2, 0.25) is 0 Å². The van der Waals surface area contributed by atoms with Crippen LogP contribution >= 0.6 is 0 Å². The Hall–Kier alpha value is -1.43. The van der Waals surface area contributed by atoms with Crippen molar-refractivity contribution in [1.29, 1.82) is 0 Å². The summed E-state index contributed by atoms with van der Waals surface area (Å²) < 4.78 is 1.42. The van der Waals surface area contributed by atoms with Crippen LogP contribution in [-0.2, 0) is 6.54 Å². The molecule has 6 nitrogen and oxygen atoms in total. The summed E-state index contributed by atoms with van der Waals surface area (Å²) in [4.78, 5) is 10.1. The van der Waals surface area contributed by atoms with Crippen LogP contribution in [0.4, 0.5) is 5.82 Å². The fraction of sp³-hybridized carbons (Fsp3) is 0.700. The molecule has 0 radical (unpaired) electrons. The fourth-order valence-corrected chi connectivity index (χ4v) is 1.28. The molecule has 0 bridgehead atoms. The van der Waals surface area contributed by atoms with Crippen LogP contribution in [0.25, 0.3) is 0 Å². The second-order valence-electron chi connectivity index (χ2n) is 4.60. The van der Waals surface area contributed by atoms with Crippen LogP contribution in [0.2, 0.25) is 0 Å². The summed E-state index contributed by atoms with van der Waals surface area (Å²) in [6.07, 6.45) is 1.58. The number of aliphatic hydroxyl groups is 1. The first kappa shape index (κ1) is 12.6. The molecule has 1 rings (SSSR count). The number of rotatable bonds is 4. The summed E-state index contributed by atoms with van der Waals surface area (Å²) in [5, 5.41) is 24.5. The van der Waals surface area contributed by atoms with Crippen molar-refractivity contribution in [3.05, 3.63) is 21.9 Å². The summed E-state index contributed by atoms with van der Waals surface area (Å²) in [6, 6.07) is 0. The van der Waals surface area contributed by atoms with Crippen molar-refractivity contribution in [3.8, 4) is 0 Å². The van der Waals surface area contributed by atoms with Gasteiger partial charge in [0, 0.05) is 0 Å². The van der Waals surface area contributed by atoms with E-state index in [9.17, 15) is 15.2 Å². The summed E-state index contributed by atoms with van der Waals surface area (Å²) in [7, 11) is 0. The lowest BCUT2D eigenvalue weighted by Gasteiger charge is -2.26. The molecular weight excluding hydrogens is 210 g/mol. The minimum absolute atomic E-state index is 0.0519. The van der Waals surface area contributed by atoms with E-state index >= 15 is 0 Å². The standard InChI is InChI=1S/C10H17N3O3/c1-7(2)10(4,14)6-12-5-8(3)9(11-12)13(15)16/h5,7,14H,6H2,1-4H3. The molecule has 0 spiro atoms. The van der Waals surface area contributed by atoms with E-state index in [2.05, 4.69) is 5.10 Å². The predicted molar refractivity (Wildman–Crippen MR) is 59.1 cm³/mol. The van der Waals surface area contributed by atoms with E-state index in [0.29, 0.717) is 5.56 Å². The lowest BCUT2D eigenvalue weighted by molar-refractivity contribution is -0.390. The first-order valence-corrected chi connectivity index (χ1v) is 5.15. The van der Waals surface area contributed by atoms with Crippen molar-refractivity contribution in [2.75, 3.05) is 0 Å². The van der Waals surface area contributed by atoms with Crippen LogP contribution in [0.5, 0.6) is 0 Å². The Bertz CT molecular complexity index is 396. The Morgan fingerprint density at radius 3 is 2.62 bits per heavy atom. The van der Waals surface area contributed by atoms with E-state index in [-0.39, 0.29) is 18.3 Å². The third-order valence-electron chi connectivity index (χ3n) is 2.82. The molecule has 90 valence electrons. The van der Waals surface area contributed by atoms with Gasteiger partial charge in [0.1, 0.15) is 0 Å². The van der Waals surface area contributed by atoms with Gasteiger partial charge in [0.15, 0.2) is 0 Å². The van der Waals surface area contributed by atoms with Gasteiger partial charge < -0.3 is 15.2 Å². The smallest absolute Gasteiger partial charge is 0.388 e. The molecule has 1 N–H and O–H groups in total. The van der Waals surface area contributed by atoms with Crippen LogP contribution in [0.1, 0.15) is 26.3 Å². The van der Waals surface area contributed by atoms with Crippen molar-refractivity contribution >= 4 is 5.82 Å². The van der Waals surface area contributed by atoms with Gasteiger partial charge in [-0.05, 0) is 24.7 Å². The summed E-state index contributed by atoms with van der Waals surface area (Å²) >= 11 is 0. The first-order valence-electron chi connectivity index (χ1n) is 5.15. The van der Waals surface area contributed by atoms with Crippen LogP contribution in [0, 0.1) is 23.0 Å². The molecule has 0 aromatic carbocycles. The molecule has 16 heavy (non-hydrogen) atoms. The summed E-state index contributed by atoms with van der Waals surface area (Å²) in [5.74, 6) is -0.101. The molecule has 0 saturated heterocycles. The van der Waals surface area contributed by atoms with Crippen molar-refractivity contribution in [2.45, 2.75) is 39.8 Å². The maximum absolute atomic E-state index is 10.6. The van der Waals surface area contributed by atoms with Gasteiger partial charge in [-0.3, -0.25) is 0 Å². The quantitative estimate of drug-likeness (QED) is 0.624. The van der Waals surface area contributed by atoms with E-state index in [0.717, 1.165) is 0 Å².